The fraction of sp³-hybridized carbons (Fsp3) is 0.636. The number of imidazole rings is 1. The highest BCUT2D eigenvalue weighted by Gasteiger charge is 2.37. The molecule has 4 aliphatic rings. The van der Waals surface area contributed by atoms with E-state index < -0.39 is 10.0 Å². The fourth-order valence-electron chi connectivity index (χ4n) is 5.37. The Morgan fingerprint density at radius 1 is 1.19 bits per heavy atom. The van der Waals surface area contributed by atoms with Crippen molar-refractivity contribution >= 4 is 21.6 Å². The smallest absolute Gasteiger partial charge is 0.260 e. The van der Waals surface area contributed by atoms with Gasteiger partial charge in [-0.05, 0) is 44.4 Å². The Labute approximate surface area is 188 Å². The molecule has 2 aromatic rings. The minimum Gasteiger partial charge on any atom is -0.483 e. The molecule has 9 nitrogen and oxygen atoms in total. The number of carbonyl (C=O) groups is 1. The van der Waals surface area contributed by atoms with Crippen LogP contribution < -0.4 is 9.46 Å². The van der Waals surface area contributed by atoms with Crippen LogP contribution in [0, 0.1) is 0 Å². The Morgan fingerprint density at radius 3 is 2.78 bits per heavy atom. The summed E-state index contributed by atoms with van der Waals surface area (Å²) in [4.78, 5) is 19.3. The van der Waals surface area contributed by atoms with Crippen LogP contribution in [-0.2, 0) is 19.6 Å². The molecule has 2 aromatic heterocycles. The number of sulfonamides is 1. The van der Waals surface area contributed by atoms with Crippen LogP contribution in [0.4, 0.5) is 0 Å². The van der Waals surface area contributed by atoms with Crippen molar-refractivity contribution in [1.29, 1.82) is 0 Å². The number of hydrogen-bond acceptors (Lipinski definition) is 6. The molecule has 174 valence electrons. The highest BCUT2D eigenvalue weighted by molar-refractivity contribution is 7.88. The van der Waals surface area contributed by atoms with Gasteiger partial charge in [-0.15, -0.1) is 0 Å². The molecule has 2 bridgehead atoms. The van der Waals surface area contributed by atoms with Crippen molar-refractivity contribution in [3.63, 3.8) is 0 Å². The molecule has 0 aromatic carbocycles. The van der Waals surface area contributed by atoms with Gasteiger partial charge in [-0.3, -0.25) is 4.79 Å². The van der Waals surface area contributed by atoms with Gasteiger partial charge in [0.2, 0.25) is 10.0 Å². The van der Waals surface area contributed by atoms with E-state index in [9.17, 15) is 13.2 Å². The zero-order valence-electron chi connectivity index (χ0n) is 18.3. The maximum absolute atomic E-state index is 13.2. The molecular weight excluding hydrogens is 432 g/mol. The Balaban J connectivity index is 1.47. The van der Waals surface area contributed by atoms with E-state index in [1.165, 1.54) is 0 Å². The maximum atomic E-state index is 13.2. The molecule has 32 heavy (non-hydrogen) atoms. The second kappa shape index (κ2) is 8.64. The lowest BCUT2D eigenvalue weighted by molar-refractivity contribution is -0.140. The second-order valence-electron chi connectivity index (χ2n) is 9.17. The fourth-order valence-corrected chi connectivity index (χ4v) is 6.20. The van der Waals surface area contributed by atoms with E-state index in [0.29, 0.717) is 31.2 Å². The Kier molecular flexibility index (Phi) is 5.85. The molecule has 1 N–H and O–H groups in total. The van der Waals surface area contributed by atoms with Crippen LogP contribution >= 0.6 is 0 Å². The molecule has 1 amide bonds. The Hall–Kier alpha value is -2.17. The molecular formula is C22H30N4O5S. The molecule has 1 saturated carbocycles. The molecule has 10 heteroatoms. The number of amides is 1. The van der Waals surface area contributed by atoms with Gasteiger partial charge < -0.3 is 18.8 Å². The van der Waals surface area contributed by atoms with E-state index in [-0.39, 0.29) is 30.7 Å². The van der Waals surface area contributed by atoms with Gasteiger partial charge in [-0.25, -0.2) is 18.1 Å². The van der Waals surface area contributed by atoms with Crippen molar-refractivity contribution in [2.75, 3.05) is 26.0 Å². The number of nitrogens with one attached hydrogen (secondary N) is 1. The molecule has 1 saturated heterocycles. The normalized spacial score (nSPS) is 29.4. The summed E-state index contributed by atoms with van der Waals surface area (Å²) in [5, 5.41) is 0. The van der Waals surface area contributed by atoms with E-state index >= 15 is 0 Å². The number of ether oxygens (including phenoxy) is 2. The summed E-state index contributed by atoms with van der Waals surface area (Å²) in [7, 11) is -3.40. The first-order valence-corrected chi connectivity index (χ1v) is 13.2. The molecule has 0 spiro atoms. The average Bonchev–Trinajstić information content (AvgIpc) is 3.22. The summed E-state index contributed by atoms with van der Waals surface area (Å²) in [6.07, 6.45) is 12.2. The lowest BCUT2D eigenvalue weighted by Gasteiger charge is -2.41. The summed E-state index contributed by atoms with van der Waals surface area (Å²) >= 11 is 0. The molecule has 2 atom stereocenters. The lowest BCUT2D eigenvalue weighted by atomic mass is 9.83. The number of nitrogens with zero attached hydrogens (tertiary/aromatic N) is 3. The van der Waals surface area contributed by atoms with Crippen molar-refractivity contribution in [3.8, 4) is 5.75 Å². The summed E-state index contributed by atoms with van der Waals surface area (Å²) < 4.78 is 41.0. The van der Waals surface area contributed by atoms with Gasteiger partial charge in [0.25, 0.3) is 5.91 Å². The lowest BCUT2D eigenvalue weighted by Crippen LogP contribution is -2.59. The van der Waals surface area contributed by atoms with Crippen molar-refractivity contribution in [2.24, 2.45) is 0 Å². The van der Waals surface area contributed by atoms with Crippen LogP contribution in [0.5, 0.6) is 5.75 Å². The van der Waals surface area contributed by atoms with Gasteiger partial charge in [0.05, 0.1) is 25.0 Å². The first-order chi connectivity index (χ1) is 15.4. The molecule has 3 aliphatic heterocycles. The van der Waals surface area contributed by atoms with E-state index in [1.807, 2.05) is 16.7 Å². The summed E-state index contributed by atoms with van der Waals surface area (Å²) in [5.41, 5.74) is 1.89. The van der Waals surface area contributed by atoms with Crippen LogP contribution in [-0.4, -0.2) is 72.8 Å². The number of hydrogen-bond donors (Lipinski definition) is 1. The Bertz CT molecular complexity index is 1090. The topological polar surface area (TPSA) is 102 Å². The average molecular weight is 463 g/mol. The van der Waals surface area contributed by atoms with E-state index in [2.05, 4.69) is 15.9 Å². The molecule has 0 unspecified atom stereocenters. The van der Waals surface area contributed by atoms with Crippen molar-refractivity contribution in [2.45, 2.75) is 62.6 Å². The minimum absolute atomic E-state index is 0.0951. The summed E-state index contributed by atoms with van der Waals surface area (Å²) in [6, 6.07) is 1.20. The van der Waals surface area contributed by atoms with Gasteiger partial charge in [0.1, 0.15) is 11.4 Å². The molecule has 0 radical (unpaired) electrons. The van der Waals surface area contributed by atoms with Gasteiger partial charge in [-0.1, -0.05) is 0 Å². The van der Waals surface area contributed by atoms with Crippen LogP contribution in [0.2, 0.25) is 0 Å². The van der Waals surface area contributed by atoms with Crippen molar-refractivity contribution in [3.05, 3.63) is 30.2 Å². The number of rotatable bonds is 2. The third-order valence-electron chi connectivity index (χ3n) is 6.95. The van der Waals surface area contributed by atoms with Crippen molar-refractivity contribution in [1.82, 2.24) is 19.0 Å². The number of aromatic nitrogens is 2. The van der Waals surface area contributed by atoms with Crippen molar-refractivity contribution < 1.29 is 22.7 Å². The third kappa shape index (κ3) is 4.49. The molecule has 6 rings (SSSR count). The van der Waals surface area contributed by atoms with Crippen LogP contribution in [0.15, 0.2) is 24.7 Å². The predicted molar refractivity (Wildman–Crippen MR) is 118 cm³/mol. The minimum atomic E-state index is -3.40. The standard InChI is InChI=1S/C22H30N4O5S/c1-32(28,29)24-18-3-2-9-26-19(18)13-30-16-6-4-15(5-7-16)17-12-25-10-8-23-21(25)11-20(17)31-14-22(26)27/h8,10-12,15-16,18-19,24H,2-7,9,13-14H2,1H3/t15?,16?,18-,19-/m0/s1. The van der Waals surface area contributed by atoms with Crippen LogP contribution in [0.25, 0.3) is 5.65 Å². The van der Waals surface area contributed by atoms with E-state index in [4.69, 9.17) is 9.47 Å². The summed E-state index contributed by atoms with van der Waals surface area (Å²) in [6.45, 7) is 0.800. The van der Waals surface area contributed by atoms with E-state index in [0.717, 1.165) is 49.6 Å². The van der Waals surface area contributed by atoms with Gasteiger partial charge >= 0.3 is 0 Å². The molecule has 1 aliphatic carbocycles. The maximum Gasteiger partial charge on any atom is 0.260 e. The first kappa shape index (κ1) is 21.7. The second-order valence-corrected chi connectivity index (χ2v) is 11.0. The van der Waals surface area contributed by atoms with Gasteiger partial charge in [0.15, 0.2) is 6.61 Å². The van der Waals surface area contributed by atoms with Crippen LogP contribution in [0.1, 0.15) is 50.0 Å². The number of pyridine rings is 1. The number of piperidine rings is 1. The quantitative estimate of drug-likeness (QED) is 0.729. The number of carbonyl (C=O) groups excluding carboxylic acids is 1. The Morgan fingerprint density at radius 2 is 2.00 bits per heavy atom. The first-order valence-electron chi connectivity index (χ1n) is 11.3. The molecule has 5 heterocycles. The third-order valence-corrected chi connectivity index (χ3v) is 7.69. The largest absolute Gasteiger partial charge is 0.483 e. The molecule has 2 fully saturated rings. The van der Waals surface area contributed by atoms with Crippen LogP contribution in [0.3, 0.4) is 0 Å². The zero-order valence-corrected chi connectivity index (χ0v) is 19.1. The zero-order chi connectivity index (χ0) is 22.3. The monoisotopic (exact) mass is 462 g/mol. The predicted octanol–water partition coefficient (Wildman–Crippen LogP) is 1.68. The van der Waals surface area contributed by atoms with E-state index in [1.54, 1.807) is 11.1 Å². The highest BCUT2D eigenvalue weighted by atomic mass is 32.2. The summed E-state index contributed by atoms with van der Waals surface area (Å²) in [5.74, 6) is 0.897. The van der Waals surface area contributed by atoms with Gasteiger partial charge in [0, 0.05) is 42.8 Å². The van der Waals surface area contributed by atoms with Gasteiger partial charge in [-0.2, -0.15) is 0 Å². The SMILES string of the molecule is CS(=O)(=O)N[C@H]1CCCN2C(=O)COc3cc4nccn4cc3C3CCC(CC3)OC[C@@H]12. The number of fused-ring (bicyclic) bond motifs is 6. The highest BCUT2D eigenvalue weighted by Crippen LogP contribution is 2.39.